The summed E-state index contributed by atoms with van der Waals surface area (Å²) in [4.78, 5) is 16.6. The van der Waals surface area contributed by atoms with E-state index in [1.54, 1.807) is 17.1 Å². The highest BCUT2D eigenvalue weighted by atomic mass is 16.2. The van der Waals surface area contributed by atoms with Gasteiger partial charge in [0.05, 0.1) is 12.2 Å². The van der Waals surface area contributed by atoms with Gasteiger partial charge in [-0.1, -0.05) is 59.7 Å². The first-order valence-corrected chi connectivity index (χ1v) is 8.95. The molecule has 4 rings (SSSR count). The maximum Gasteiger partial charge on any atom is 0.276 e. The highest BCUT2D eigenvalue weighted by Crippen LogP contribution is 2.18. The molecule has 0 radical (unpaired) electrons. The summed E-state index contributed by atoms with van der Waals surface area (Å²) in [5.74, 6) is -0.0803. The van der Waals surface area contributed by atoms with Gasteiger partial charge in [-0.3, -0.25) is 15.2 Å². The average Bonchev–Trinajstić information content (AvgIpc) is 3.32. The molecule has 28 heavy (non-hydrogen) atoms. The lowest BCUT2D eigenvalue weighted by Crippen LogP contribution is -2.14. The molecule has 0 fully saturated rings. The Hall–Kier alpha value is -3.74. The number of carbonyl (C=O) groups excluding carboxylic acids is 1. The van der Waals surface area contributed by atoms with Crippen LogP contribution in [0.15, 0.2) is 60.9 Å². The predicted molar refractivity (Wildman–Crippen MR) is 107 cm³/mol. The molecule has 7 heteroatoms. The second kappa shape index (κ2) is 7.48. The molecule has 0 aliphatic heterocycles. The van der Waals surface area contributed by atoms with Gasteiger partial charge in [0, 0.05) is 5.56 Å². The largest absolute Gasteiger partial charge is 0.288 e. The summed E-state index contributed by atoms with van der Waals surface area (Å²) in [6, 6.07) is 17.9. The van der Waals surface area contributed by atoms with Crippen LogP contribution in [-0.4, -0.2) is 30.9 Å². The summed E-state index contributed by atoms with van der Waals surface area (Å²) in [7, 11) is 0. The van der Waals surface area contributed by atoms with Gasteiger partial charge in [-0.15, -0.1) is 5.10 Å². The first-order valence-electron chi connectivity index (χ1n) is 8.95. The van der Waals surface area contributed by atoms with Gasteiger partial charge in [0.25, 0.3) is 5.91 Å². The Labute approximate surface area is 162 Å². The highest BCUT2D eigenvalue weighted by molar-refractivity contribution is 6.02. The van der Waals surface area contributed by atoms with Crippen molar-refractivity contribution in [3.8, 4) is 11.3 Å². The molecule has 0 aliphatic carbocycles. The van der Waals surface area contributed by atoms with E-state index in [2.05, 4.69) is 31.7 Å². The van der Waals surface area contributed by atoms with Crippen LogP contribution >= 0.6 is 0 Å². The van der Waals surface area contributed by atoms with Gasteiger partial charge in [0.1, 0.15) is 12.0 Å². The van der Waals surface area contributed by atoms with E-state index in [4.69, 9.17) is 0 Å². The minimum Gasteiger partial charge on any atom is -0.288 e. The van der Waals surface area contributed by atoms with Gasteiger partial charge >= 0.3 is 0 Å². The zero-order chi connectivity index (χ0) is 19.5. The molecule has 140 valence electrons. The Morgan fingerprint density at radius 1 is 1.07 bits per heavy atom. The molecule has 2 aromatic carbocycles. The number of nitrogens with zero attached hydrogens (tertiary/aromatic N) is 4. The van der Waals surface area contributed by atoms with Gasteiger partial charge in [0.15, 0.2) is 0 Å². The van der Waals surface area contributed by atoms with Gasteiger partial charge in [-0.25, -0.2) is 9.67 Å². The Morgan fingerprint density at radius 3 is 2.68 bits per heavy atom. The first kappa shape index (κ1) is 17.7. The quantitative estimate of drug-likeness (QED) is 0.560. The van der Waals surface area contributed by atoms with Crippen molar-refractivity contribution in [1.82, 2.24) is 25.0 Å². The molecule has 0 atom stereocenters. The third-order valence-corrected chi connectivity index (χ3v) is 4.36. The van der Waals surface area contributed by atoms with Crippen LogP contribution in [0.4, 0.5) is 5.95 Å². The molecule has 0 saturated carbocycles. The molecule has 7 nitrogen and oxygen atoms in total. The molecule has 0 aliphatic rings. The highest BCUT2D eigenvalue weighted by Gasteiger charge is 2.13. The minimum atomic E-state index is -0.334. The number of aromatic nitrogens is 5. The van der Waals surface area contributed by atoms with E-state index in [9.17, 15) is 4.79 Å². The Morgan fingerprint density at radius 2 is 1.89 bits per heavy atom. The van der Waals surface area contributed by atoms with Gasteiger partial charge in [0.2, 0.25) is 5.95 Å². The second-order valence-corrected chi connectivity index (χ2v) is 6.74. The maximum atomic E-state index is 12.5. The number of benzene rings is 2. The Bertz CT molecular complexity index is 1110. The number of H-pyrrole nitrogens is 1. The summed E-state index contributed by atoms with van der Waals surface area (Å²) in [6.45, 7) is 4.66. The molecule has 0 bridgehead atoms. The smallest absolute Gasteiger partial charge is 0.276 e. The predicted octanol–water partition coefficient (Wildman–Crippen LogP) is 3.59. The fourth-order valence-electron chi connectivity index (χ4n) is 2.90. The molecule has 0 spiro atoms. The van der Waals surface area contributed by atoms with E-state index in [1.807, 2.05) is 56.3 Å². The average molecular weight is 372 g/mol. The molecular weight excluding hydrogens is 352 g/mol. The molecule has 4 aromatic rings. The SMILES string of the molecule is Cc1ccc(-c2cc(C(=O)Nc3ncn(Cc4cccc(C)c4)n3)[nH]n2)cc1. The standard InChI is InChI=1S/C21H20N6O/c1-14-6-8-17(9-7-14)18-11-19(25-24-18)20(28)23-21-22-13-27(26-21)12-16-5-3-4-15(2)10-16/h3-11,13H,12H2,1-2H3,(H,24,25)(H,23,26,28). The van der Waals surface area contributed by atoms with E-state index >= 15 is 0 Å². The summed E-state index contributed by atoms with van der Waals surface area (Å²) in [5, 5.41) is 14.0. The minimum absolute atomic E-state index is 0.254. The third kappa shape index (κ3) is 3.98. The number of aromatic amines is 1. The van der Waals surface area contributed by atoms with Crippen LogP contribution in [0.1, 0.15) is 27.2 Å². The van der Waals surface area contributed by atoms with E-state index in [1.165, 1.54) is 11.1 Å². The van der Waals surface area contributed by atoms with Gasteiger partial charge in [-0.2, -0.15) is 5.10 Å². The van der Waals surface area contributed by atoms with Crippen LogP contribution in [0.3, 0.4) is 0 Å². The lowest BCUT2D eigenvalue weighted by Gasteiger charge is -2.02. The second-order valence-electron chi connectivity index (χ2n) is 6.74. The Balaban J connectivity index is 1.43. The number of rotatable bonds is 5. The zero-order valence-corrected chi connectivity index (χ0v) is 15.7. The van der Waals surface area contributed by atoms with Crippen LogP contribution in [0.5, 0.6) is 0 Å². The molecule has 2 N–H and O–H groups in total. The fraction of sp³-hybridized carbons (Fsp3) is 0.143. The van der Waals surface area contributed by atoms with Crippen molar-refractivity contribution in [1.29, 1.82) is 0 Å². The van der Waals surface area contributed by atoms with E-state index in [0.717, 1.165) is 11.1 Å². The van der Waals surface area contributed by atoms with Crippen molar-refractivity contribution in [2.75, 3.05) is 5.32 Å². The van der Waals surface area contributed by atoms with E-state index in [-0.39, 0.29) is 11.9 Å². The molecule has 1 amide bonds. The topological polar surface area (TPSA) is 88.5 Å². The first-order chi connectivity index (χ1) is 13.6. The molecular formula is C21H20N6O. The lowest BCUT2D eigenvalue weighted by molar-refractivity contribution is 0.102. The summed E-state index contributed by atoms with van der Waals surface area (Å²) in [5.41, 5.74) is 5.49. The van der Waals surface area contributed by atoms with E-state index in [0.29, 0.717) is 17.9 Å². The number of carbonyl (C=O) groups is 1. The maximum absolute atomic E-state index is 12.5. The van der Waals surface area contributed by atoms with Crippen LogP contribution < -0.4 is 5.32 Å². The van der Waals surface area contributed by atoms with E-state index < -0.39 is 0 Å². The van der Waals surface area contributed by atoms with Crippen molar-refractivity contribution in [2.24, 2.45) is 0 Å². The monoisotopic (exact) mass is 372 g/mol. The number of nitrogens with one attached hydrogen (secondary N) is 2. The van der Waals surface area contributed by atoms with Crippen LogP contribution in [-0.2, 0) is 6.54 Å². The number of amides is 1. The molecule has 2 heterocycles. The van der Waals surface area contributed by atoms with Crippen LogP contribution in [0.2, 0.25) is 0 Å². The summed E-state index contributed by atoms with van der Waals surface area (Å²) in [6.07, 6.45) is 1.60. The lowest BCUT2D eigenvalue weighted by atomic mass is 10.1. The van der Waals surface area contributed by atoms with Crippen molar-refractivity contribution in [2.45, 2.75) is 20.4 Å². The molecule has 0 unspecified atom stereocenters. The van der Waals surface area contributed by atoms with Gasteiger partial charge in [-0.05, 0) is 25.5 Å². The molecule has 0 saturated heterocycles. The summed E-state index contributed by atoms with van der Waals surface area (Å²) < 4.78 is 1.69. The van der Waals surface area contributed by atoms with Crippen molar-refractivity contribution >= 4 is 11.9 Å². The van der Waals surface area contributed by atoms with Crippen molar-refractivity contribution < 1.29 is 4.79 Å². The van der Waals surface area contributed by atoms with Crippen LogP contribution in [0.25, 0.3) is 11.3 Å². The van der Waals surface area contributed by atoms with Crippen molar-refractivity contribution in [3.63, 3.8) is 0 Å². The zero-order valence-electron chi connectivity index (χ0n) is 15.7. The number of hydrogen-bond donors (Lipinski definition) is 2. The number of anilines is 1. The van der Waals surface area contributed by atoms with Crippen LogP contribution in [0, 0.1) is 13.8 Å². The Kier molecular flexibility index (Phi) is 4.72. The van der Waals surface area contributed by atoms with Gasteiger partial charge < -0.3 is 0 Å². The normalized spacial score (nSPS) is 10.8. The number of aryl methyl sites for hydroxylation is 2. The summed E-state index contributed by atoms with van der Waals surface area (Å²) >= 11 is 0. The molecule has 2 aromatic heterocycles. The fourth-order valence-corrected chi connectivity index (χ4v) is 2.90. The third-order valence-electron chi connectivity index (χ3n) is 4.36. The van der Waals surface area contributed by atoms with Crippen molar-refractivity contribution in [3.05, 3.63) is 83.3 Å². The number of hydrogen-bond acceptors (Lipinski definition) is 4.